The number of carbonyl (C=O) groups excluding carboxylic acids is 1. The van der Waals surface area contributed by atoms with Gasteiger partial charge in [0.1, 0.15) is 6.61 Å². The zero-order chi connectivity index (χ0) is 13.4. The maximum Gasteiger partial charge on any atom is 0.329 e. The minimum atomic E-state index is -1.01. The second-order valence-corrected chi connectivity index (χ2v) is 4.16. The summed E-state index contributed by atoms with van der Waals surface area (Å²) >= 11 is 0. The molecule has 0 aromatic heterocycles. The Morgan fingerprint density at radius 2 is 2.33 bits per heavy atom. The molecule has 7 heteroatoms. The Morgan fingerprint density at radius 1 is 1.56 bits per heavy atom. The molecular formula is C11H20N2O5. The van der Waals surface area contributed by atoms with Crippen LogP contribution in [0.3, 0.4) is 0 Å². The number of hydrogen-bond acceptors (Lipinski definition) is 4. The van der Waals surface area contributed by atoms with Crippen LogP contribution in [0, 0.1) is 0 Å². The van der Waals surface area contributed by atoms with E-state index in [0.29, 0.717) is 26.2 Å². The fraction of sp³-hybridized carbons (Fsp3) is 0.818. The molecule has 1 atom stereocenters. The SMILES string of the molecule is CC1CN(C(=O)NCCOCC(=O)O)CCCO1. The smallest absolute Gasteiger partial charge is 0.329 e. The number of nitrogens with one attached hydrogen (secondary N) is 1. The van der Waals surface area contributed by atoms with Gasteiger partial charge in [-0.05, 0) is 13.3 Å². The molecule has 1 unspecified atom stereocenters. The van der Waals surface area contributed by atoms with Gasteiger partial charge in [-0.2, -0.15) is 0 Å². The van der Waals surface area contributed by atoms with Gasteiger partial charge in [0, 0.05) is 26.2 Å². The van der Waals surface area contributed by atoms with Gasteiger partial charge in [0.15, 0.2) is 0 Å². The fourth-order valence-corrected chi connectivity index (χ4v) is 1.68. The maximum absolute atomic E-state index is 11.8. The Kier molecular flexibility index (Phi) is 6.45. The molecule has 1 aliphatic rings. The Morgan fingerprint density at radius 3 is 3.06 bits per heavy atom. The van der Waals surface area contributed by atoms with Crippen LogP contribution >= 0.6 is 0 Å². The Balaban J connectivity index is 2.17. The first-order valence-electron chi connectivity index (χ1n) is 6.03. The third kappa shape index (κ3) is 5.83. The second kappa shape index (κ2) is 7.88. The Labute approximate surface area is 106 Å². The molecule has 1 fully saturated rings. The lowest BCUT2D eigenvalue weighted by molar-refractivity contribution is -0.142. The summed E-state index contributed by atoms with van der Waals surface area (Å²) in [6.45, 7) is 4.00. The molecule has 1 saturated heterocycles. The lowest BCUT2D eigenvalue weighted by atomic mass is 10.3. The zero-order valence-electron chi connectivity index (χ0n) is 10.6. The summed E-state index contributed by atoms with van der Waals surface area (Å²) in [6.07, 6.45) is 0.870. The van der Waals surface area contributed by atoms with Crippen molar-refractivity contribution in [3.8, 4) is 0 Å². The first-order chi connectivity index (χ1) is 8.59. The number of carboxylic acids is 1. The van der Waals surface area contributed by atoms with E-state index in [-0.39, 0.29) is 25.3 Å². The summed E-state index contributed by atoms with van der Waals surface area (Å²) in [5, 5.41) is 11.0. The van der Waals surface area contributed by atoms with Gasteiger partial charge in [0.25, 0.3) is 0 Å². The van der Waals surface area contributed by atoms with Gasteiger partial charge in [-0.3, -0.25) is 0 Å². The molecule has 1 heterocycles. The van der Waals surface area contributed by atoms with Crippen LogP contribution in [-0.2, 0) is 14.3 Å². The average molecular weight is 260 g/mol. The minimum absolute atomic E-state index is 0.0431. The van der Waals surface area contributed by atoms with Crippen molar-refractivity contribution in [3.63, 3.8) is 0 Å². The fourth-order valence-electron chi connectivity index (χ4n) is 1.68. The predicted octanol–water partition coefficient (Wildman–Crippen LogP) is -0.0920. The number of hydrogen-bond donors (Lipinski definition) is 2. The molecule has 0 bridgehead atoms. The molecule has 18 heavy (non-hydrogen) atoms. The van der Waals surface area contributed by atoms with Crippen molar-refractivity contribution < 1.29 is 24.2 Å². The highest BCUT2D eigenvalue weighted by molar-refractivity contribution is 5.74. The molecule has 0 radical (unpaired) electrons. The third-order valence-corrected chi connectivity index (χ3v) is 2.49. The molecular weight excluding hydrogens is 240 g/mol. The van der Waals surface area contributed by atoms with E-state index in [1.165, 1.54) is 0 Å². The van der Waals surface area contributed by atoms with Gasteiger partial charge in [0.05, 0.1) is 12.7 Å². The minimum Gasteiger partial charge on any atom is -0.480 e. The van der Waals surface area contributed by atoms with Crippen molar-refractivity contribution in [2.24, 2.45) is 0 Å². The molecule has 7 nitrogen and oxygen atoms in total. The van der Waals surface area contributed by atoms with Gasteiger partial charge in [0.2, 0.25) is 0 Å². The molecule has 0 aliphatic carbocycles. The summed E-state index contributed by atoms with van der Waals surface area (Å²) < 4.78 is 10.3. The largest absolute Gasteiger partial charge is 0.480 e. The second-order valence-electron chi connectivity index (χ2n) is 4.16. The number of ether oxygens (including phenoxy) is 2. The lowest BCUT2D eigenvalue weighted by Crippen LogP contribution is -2.43. The highest BCUT2D eigenvalue weighted by atomic mass is 16.5. The molecule has 2 amide bonds. The van der Waals surface area contributed by atoms with Gasteiger partial charge >= 0.3 is 12.0 Å². The van der Waals surface area contributed by atoms with E-state index < -0.39 is 5.97 Å². The summed E-state index contributed by atoms with van der Waals surface area (Å²) in [5.41, 5.74) is 0. The summed E-state index contributed by atoms with van der Waals surface area (Å²) in [5.74, 6) is -1.01. The predicted molar refractivity (Wildman–Crippen MR) is 63.5 cm³/mol. The lowest BCUT2D eigenvalue weighted by Gasteiger charge is -2.22. The quantitative estimate of drug-likeness (QED) is 0.674. The molecule has 2 N–H and O–H groups in total. The van der Waals surface area contributed by atoms with Crippen LogP contribution < -0.4 is 5.32 Å². The van der Waals surface area contributed by atoms with Gasteiger partial charge in [-0.15, -0.1) is 0 Å². The number of carbonyl (C=O) groups is 2. The monoisotopic (exact) mass is 260 g/mol. The van der Waals surface area contributed by atoms with Crippen LogP contribution in [0.1, 0.15) is 13.3 Å². The van der Waals surface area contributed by atoms with Crippen molar-refractivity contribution >= 4 is 12.0 Å². The number of amides is 2. The van der Waals surface area contributed by atoms with Crippen molar-refractivity contribution in [2.75, 3.05) is 39.5 Å². The molecule has 104 valence electrons. The van der Waals surface area contributed by atoms with E-state index in [1.54, 1.807) is 4.90 Å². The topological polar surface area (TPSA) is 88.1 Å². The van der Waals surface area contributed by atoms with Crippen LogP contribution in [0.5, 0.6) is 0 Å². The average Bonchev–Trinajstić information content (AvgIpc) is 2.53. The van der Waals surface area contributed by atoms with Crippen LogP contribution in [0.2, 0.25) is 0 Å². The van der Waals surface area contributed by atoms with E-state index in [4.69, 9.17) is 14.6 Å². The highest BCUT2D eigenvalue weighted by Crippen LogP contribution is 2.05. The van der Waals surface area contributed by atoms with Crippen LogP contribution in [-0.4, -0.2) is 67.6 Å². The Hall–Kier alpha value is -1.34. The van der Waals surface area contributed by atoms with E-state index in [9.17, 15) is 9.59 Å². The van der Waals surface area contributed by atoms with Crippen molar-refractivity contribution in [1.29, 1.82) is 0 Å². The molecule has 0 spiro atoms. The van der Waals surface area contributed by atoms with E-state index in [0.717, 1.165) is 6.42 Å². The van der Waals surface area contributed by atoms with Gasteiger partial charge < -0.3 is 24.8 Å². The maximum atomic E-state index is 11.8. The zero-order valence-corrected chi connectivity index (χ0v) is 10.6. The molecule has 0 saturated carbocycles. The van der Waals surface area contributed by atoms with E-state index in [2.05, 4.69) is 5.32 Å². The van der Waals surface area contributed by atoms with E-state index in [1.807, 2.05) is 6.92 Å². The third-order valence-electron chi connectivity index (χ3n) is 2.49. The van der Waals surface area contributed by atoms with E-state index >= 15 is 0 Å². The van der Waals surface area contributed by atoms with Crippen molar-refractivity contribution in [1.82, 2.24) is 10.2 Å². The number of nitrogens with zero attached hydrogens (tertiary/aromatic N) is 1. The standard InChI is InChI=1S/C11H20N2O5/c1-9-7-13(4-2-5-18-9)11(16)12-3-6-17-8-10(14)15/h9H,2-8H2,1H3,(H,12,16)(H,14,15). The molecule has 0 aromatic rings. The van der Waals surface area contributed by atoms with Gasteiger partial charge in [-0.1, -0.05) is 0 Å². The molecule has 0 aromatic carbocycles. The summed E-state index contributed by atoms with van der Waals surface area (Å²) in [4.78, 5) is 23.7. The van der Waals surface area contributed by atoms with Gasteiger partial charge in [-0.25, -0.2) is 9.59 Å². The Bertz CT molecular complexity index is 285. The van der Waals surface area contributed by atoms with Crippen LogP contribution in [0.25, 0.3) is 0 Å². The van der Waals surface area contributed by atoms with Crippen LogP contribution in [0.15, 0.2) is 0 Å². The summed E-state index contributed by atoms with van der Waals surface area (Å²) in [7, 11) is 0. The number of urea groups is 1. The normalized spacial score (nSPS) is 20.3. The highest BCUT2D eigenvalue weighted by Gasteiger charge is 2.19. The number of aliphatic carboxylic acids is 1. The summed E-state index contributed by atoms with van der Waals surface area (Å²) in [6, 6.07) is -0.161. The number of rotatable bonds is 5. The molecule has 1 rings (SSSR count). The molecule has 1 aliphatic heterocycles. The number of carboxylic acid groups (broad SMARTS) is 1. The first-order valence-corrected chi connectivity index (χ1v) is 6.03. The van der Waals surface area contributed by atoms with Crippen molar-refractivity contribution in [3.05, 3.63) is 0 Å². The first kappa shape index (κ1) is 14.7. The van der Waals surface area contributed by atoms with Crippen molar-refractivity contribution in [2.45, 2.75) is 19.4 Å². The van der Waals surface area contributed by atoms with Crippen LogP contribution in [0.4, 0.5) is 4.79 Å².